The van der Waals surface area contributed by atoms with Crippen LogP contribution in [0, 0.1) is 0 Å². The molecule has 0 bridgehead atoms. The minimum absolute atomic E-state index is 0.217. The van der Waals surface area contributed by atoms with Crippen LogP contribution in [0.25, 0.3) is 0 Å². The van der Waals surface area contributed by atoms with E-state index in [4.69, 9.17) is 14.2 Å². The van der Waals surface area contributed by atoms with Gasteiger partial charge in [-0.05, 0) is 73.9 Å². The first-order valence-electron chi connectivity index (χ1n) is 12.2. The first-order valence-corrected chi connectivity index (χ1v) is 12.2. The molecule has 0 aromatic heterocycles. The van der Waals surface area contributed by atoms with E-state index < -0.39 is 0 Å². The van der Waals surface area contributed by atoms with Crippen molar-refractivity contribution in [1.82, 2.24) is 0 Å². The summed E-state index contributed by atoms with van der Waals surface area (Å²) in [6.45, 7) is 7.63. The molecule has 0 radical (unpaired) electrons. The van der Waals surface area contributed by atoms with Gasteiger partial charge in [-0.2, -0.15) is 0 Å². The highest BCUT2D eigenvalue weighted by atomic mass is 16.5. The van der Waals surface area contributed by atoms with Crippen LogP contribution in [0.4, 0.5) is 0 Å². The molecule has 0 spiro atoms. The lowest BCUT2D eigenvalue weighted by atomic mass is 9.95. The van der Waals surface area contributed by atoms with Crippen molar-refractivity contribution in [2.45, 2.75) is 76.0 Å². The van der Waals surface area contributed by atoms with E-state index >= 15 is 0 Å². The number of hydrogen-bond acceptors (Lipinski definition) is 3. The van der Waals surface area contributed by atoms with Crippen LogP contribution >= 0.6 is 0 Å². The van der Waals surface area contributed by atoms with Crippen molar-refractivity contribution < 1.29 is 14.2 Å². The SMILES string of the molecule is CCCCOc1ccc(C2(COCC3(c4ccc(OCCCC)cc4)CC3)CC2)cc1. The Morgan fingerprint density at radius 3 is 1.32 bits per heavy atom. The maximum Gasteiger partial charge on any atom is 0.119 e. The molecular formula is C28H38O3. The van der Waals surface area contributed by atoms with E-state index in [9.17, 15) is 0 Å². The Morgan fingerprint density at radius 2 is 1.00 bits per heavy atom. The number of benzene rings is 2. The summed E-state index contributed by atoms with van der Waals surface area (Å²) in [4.78, 5) is 0. The second kappa shape index (κ2) is 10.1. The molecule has 0 saturated heterocycles. The molecular weight excluding hydrogens is 384 g/mol. The van der Waals surface area contributed by atoms with Gasteiger partial charge in [-0.25, -0.2) is 0 Å². The van der Waals surface area contributed by atoms with Crippen LogP contribution in [0.5, 0.6) is 11.5 Å². The molecule has 0 amide bonds. The van der Waals surface area contributed by atoms with Crippen molar-refractivity contribution in [2.75, 3.05) is 26.4 Å². The van der Waals surface area contributed by atoms with Gasteiger partial charge in [0.25, 0.3) is 0 Å². The molecule has 168 valence electrons. The third-order valence-corrected chi connectivity index (χ3v) is 6.93. The normalized spacial score (nSPS) is 17.9. The van der Waals surface area contributed by atoms with Crippen LogP contribution in [-0.2, 0) is 15.6 Å². The Bertz CT molecular complexity index is 732. The third kappa shape index (κ3) is 5.63. The highest BCUT2D eigenvalue weighted by Crippen LogP contribution is 2.51. The fourth-order valence-electron chi connectivity index (χ4n) is 4.25. The molecule has 0 heterocycles. The average molecular weight is 423 g/mol. The second-order valence-electron chi connectivity index (χ2n) is 9.51. The summed E-state index contributed by atoms with van der Waals surface area (Å²) in [5.41, 5.74) is 3.23. The molecule has 3 heteroatoms. The first kappa shape index (κ1) is 22.2. The fourth-order valence-corrected chi connectivity index (χ4v) is 4.25. The van der Waals surface area contributed by atoms with Gasteiger partial charge in [-0.15, -0.1) is 0 Å². The molecule has 31 heavy (non-hydrogen) atoms. The molecule has 3 nitrogen and oxygen atoms in total. The topological polar surface area (TPSA) is 27.7 Å². The van der Waals surface area contributed by atoms with Gasteiger partial charge in [0, 0.05) is 10.8 Å². The molecule has 0 unspecified atom stereocenters. The standard InChI is InChI=1S/C28H38O3/c1-3-5-19-30-25-11-7-23(8-12-25)27(15-16-27)21-29-22-28(17-18-28)24-9-13-26(14-10-24)31-20-6-4-2/h7-14H,3-6,15-22H2,1-2H3. The van der Waals surface area contributed by atoms with E-state index in [2.05, 4.69) is 62.4 Å². The Kier molecular flexibility index (Phi) is 7.22. The number of hydrogen-bond donors (Lipinski definition) is 0. The molecule has 2 fully saturated rings. The predicted molar refractivity (Wildman–Crippen MR) is 126 cm³/mol. The minimum Gasteiger partial charge on any atom is -0.494 e. The van der Waals surface area contributed by atoms with E-state index in [-0.39, 0.29) is 10.8 Å². The third-order valence-electron chi connectivity index (χ3n) is 6.93. The summed E-state index contributed by atoms with van der Waals surface area (Å²) in [5.74, 6) is 1.96. The van der Waals surface area contributed by atoms with E-state index in [1.807, 2.05) is 0 Å². The van der Waals surface area contributed by atoms with Crippen molar-refractivity contribution >= 4 is 0 Å². The summed E-state index contributed by atoms with van der Waals surface area (Å²) in [7, 11) is 0. The summed E-state index contributed by atoms with van der Waals surface area (Å²) < 4.78 is 18.0. The summed E-state index contributed by atoms with van der Waals surface area (Å²) in [6, 6.07) is 17.4. The largest absolute Gasteiger partial charge is 0.494 e. The van der Waals surface area contributed by atoms with Crippen LogP contribution < -0.4 is 9.47 Å². The van der Waals surface area contributed by atoms with Crippen LogP contribution in [-0.4, -0.2) is 26.4 Å². The fraction of sp³-hybridized carbons (Fsp3) is 0.571. The van der Waals surface area contributed by atoms with Gasteiger partial charge in [-0.3, -0.25) is 0 Å². The molecule has 2 aromatic carbocycles. The maximum atomic E-state index is 6.35. The van der Waals surface area contributed by atoms with Crippen LogP contribution in [0.3, 0.4) is 0 Å². The van der Waals surface area contributed by atoms with E-state index in [1.54, 1.807) is 0 Å². The average Bonchev–Trinajstić information content (AvgIpc) is 3.73. The van der Waals surface area contributed by atoms with Gasteiger partial charge >= 0.3 is 0 Å². The maximum absolute atomic E-state index is 6.35. The van der Waals surface area contributed by atoms with Crippen LogP contribution in [0.1, 0.15) is 76.3 Å². The lowest BCUT2D eigenvalue weighted by Gasteiger charge is -2.21. The zero-order valence-electron chi connectivity index (χ0n) is 19.3. The molecule has 2 saturated carbocycles. The molecule has 0 atom stereocenters. The highest BCUT2D eigenvalue weighted by molar-refractivity contribution is 5.37. The van der Waals surface area contributed by atoms with Gasteiger partial charge in [0.1, 0.15) is 11.5 Å². The number of rotatable bonds is 14. The van der Waals surface area contributed by atoms with Crippen LogP contribution in [0.2, 0.25) is 0 Å². The molecule has 4 rings (SSSR count). The van der Waals surface area contributed by atoms with Gasteiger partial charge in [0.05, 0.1) is 26.4 Å². The molecule has 0 aliphatic heterocycles. The van der Waals surface area contributed by atoms with Crippen molar-refractivity contribution in [3.05, 3.63) is 59.7 Å². The lowest BCUT2D eigenvalue weighted by molar-refractivity contribution is 0.0945. The summed E-state index contributed by atoms with van der Waals surface area (Å²) in [6.07, 6.45) is 9.43. The van der Waals surface area contributed by atoms with Gasteiger partial charge in [0.15, 0.2) is 0 Å². The minimum atomic E-state index is 0.217. The Morgan fingerprint density at radius 1 is 0.613 bits per heavy atom. The lowest BCUT2D eigenvalue weighted by Crippen LogP contribution is -2.21. The van der Waals surface area contributed by atoms with E-state index in [0.29, 0.717) is 0 Å². The Hall–Kier alpha value is -2.00. The smallest absolute Gasteiger partial charge is 0.119 e. The second-order valence-corrected chi connectivity index (χ2v) is 9.51. The molecule has 2 aromatic rings. The quantitative estimate of drug-likeness (QED) is 0.312. The van der Waals surface area contributed by atoms with Gasteiger partial charge in [-0.1, -0.05) is 51.0 Å². The molecule has 0 N–H and O–H groups in total. The monoisotopic (exact) mass is 422 g/mol. The zero-order chi connectivity index (χ0) is 21.6. The van der Waals surface area contributed by atoms with E-state index in [0.717, 1.165) is 63.6 Å². The molecule has 2 aliphatic carbocycles. The van der Waals surface area contributed by atoms with Gasteiger partial charge in [0.2, 0.25) is 0 Å². The van der Waals surface area contributed by atoms with Crippen molar-refractivity contribution in [1.29, 1.82) is 0 Å². The highest BCUT2D eigenvalue weighted by Gasteiger charge is 2.48. The van der Waals surface area contributed by atoms with Crippen molar-refractivity contribution in [2.24, 2.45) is 0 Å². The van der Waals surface area contributed by atoms with Crippen molar-refractivity contribution in [3.8, 4) is 11.5 Å². The van der Waals surface area contributed by atoms with Crippen LogP contribution in [0.15, 0.2) is 48.5 Å². The Labute approximate surface area is 188 Å². The number of unbranched alkanes of at least 4 members (excludes halogenated alkanes) is 2. The predicted octanol–water partition coefficient (Wildman–Crippen LogP) is 6.82. The first-order chi connectivity index (χ1) is 15.2. The van der Waals surface area contributed by atoms with E-state index in [1.165, 1.54) is 36.8 Å². The summed E-state index contributed by atoms with van der Waals surface area (Å²) in [5, 5.41) is 0. The molecule has 2 aliphatic rings. The van der Waals surface area contributed by atoms with Crippen molar-refractivity contribution in [3.63, 3.8) is 0 Å². The Balaban J connectivity index is 1.27. The number of ether oxygens (including phenoxy) is 3. The summed E-state index contributed by atoms with van der Waals surface area (Å²) >= 11 is 0. The zero-order valence-corrected chi connectivity index (χ0v) is 19.3. The van der Waals surface area contributed by atoms with Gasteiger partial charge < -0.3 is 14.2 Å².